The molecule has 1 aliphatic rings. The average Bonchev–Trinajstić information content (AvgIpc) is 2.90. The fourth-order valence-electron chi connectivity index (χ4n) is 3.36. The molecule has 0 saturated carbocycles. The lowest BCUT2D eigenvalue weighted by atomic mass is 9.90. The monoisotopic (exact) mass is 391 g/mol. The number of aryl methyl sites for hydroxylation is 1. The molecule has 6 heteroatoms. The van der Waals surface area contributed by atoms with Crippen molar-refractivity contribution in [1.82, 2.24) is 14.7 Å². The Kier molecular flexibility index (Phi) is 5.06. The van der Waals surface area contributed by atoms with Crippen LogP contribution in [0.3, 0.4) is 0 Å². The summed E-state index contributed by atoms with van der Waals surface area (Å²) in [6, 6.07) is 8.08. The van der Waals surface area contributed by atoms with Crippen molar-refractivity contribution in [2.75, 3.05) is 6.54 Å². The van der Waals surface area contributed by atoms with E-state index in [-0.39, 0.29) is 12.0 Å². The average molecular weight is 392 g/mol. The largest absolute Gasteiger partial charge is 0.481 e. The fraction of sp³-hybridized carbons (Fsp3) is 0.444. The van der Waals surface area contributed by atoms with Crippen LogP contribution < -0.4 is 0 Å². The molecule has 1 fully saturated rings. The molecule has 3 rings (SSSR count). The maximum atomic E-state index is 11.4. The van der Waals surface area contributed by atoms with Crippen molar-refractivity contribution in [1.29, 1.82) is 0 Å². The van der Waals surface area contributed by atoms with Crippen LogP contribution in [-0.2, 0) is 11.3 Å². The van der Waals surface area contributed by atoms with Gasteiger partial charge >= 0.3 is 5.97 Å². The fourth-order valence-corrected chi connectivity index (χ4v) is 3.63. The number of carboxylic acids is 1. The molecule has 0 spiro atoms. The predicted octanol–water partition coefficient (Wildman–Crippen LogP) is 3.63. The van der Waals surface area contributed by atoms with E-state index in [1.54, 1.807) is 0 Å². The quantitative estimate of drug-likeness (QED) is 0.864. The van der Waals surface area contributed by atoms with Crippen LogP contribution in [0.1, 0.15) is 31.0 Å². The first-order valence-corrected chi connectivity index (χ1v) is 9.03. The van der Waals surface area contributed by atoms with Gasteiger partial charge in [0.25, 0.3) is 0 Å². The van der Waals surface area contributed by atoms with Gasteiger partial charge in [0.1, 0.15) is 0 Å². The zero-order valence-corrected chi connectivity index (χ0v) is 15.5. The Balaban J connectivity index is 1.78. The van der Waals surface area contributed by atoms with Crippen LogP contribution in [0.15, 0.2) is 34.9 Å². The van der Waals surface area contributed by atoms with Gasteiger partial charge < -0.3 is 5.11 Å². The van der Waals surface area contributed by atoms with E-state index in [1.807, 2.05) is 42.8 Å². The van der Waals surface area contributed by atoms with Gasteiger partial charge in [-0.25, -0.2) is 4.68 Å². The lowest BCUT2D eigenvalue weighted by molar-refractivity contribution is -0.145. The second kappa shape index (κ2) is 7.07. The Labute approximate surface area is 150 Å². The topological polar surface area (TPSA) is 58.4 Å². The Morgan fingerprint density at radius 3 is 2.75 bits per heavy atom. The van der Waals surface area contributed by atoms with Gasteiger partial charge in [-0.1, -0.05) is 15.9 Å². The zero-order valence-electron chi connectivity index (χ0n) is 13.9. The lowest BCUT2D eigenvalue weighted by Gasteiger charge is -2.37. The second-order valence-electron chi connectivity index (χ2n) is 6.46. The molecule has 1 aliphatic heterocycles. The molecule has 2 aromatic rings. The molecule has 0 bridgehead atoms. The van der Waals surface area contributed by atoms with Crippen molar-refractivity contribution in [2.24, 2.45) is 5.92 Å². The number of hydrogen-bond donors (Lipinski definition) is 1. The highest BCUT2D eigenvalue weighted by Crippen LogP contribution is 2.26. The number of halogens is 1. The minimum Gasteiger partial charge on any atom is -0.481 e. The van der Waals surface area contributed by atoms with Crippen molar-refractivity contribution in [3.8, 4) is 5.69 Å². The van der Waals surface area contributed by atoms with Crippen LogP contribution in [0.5, 0.6) is 0 Å². The van der Waals surface area contributed by atoms with Crippen LogP contribution in [0, 0.1) is 12.8 Å². The maximum Gasteiger partial charge on any atom is 0.308 e. The molecule has 1 saturated heterocycles. The SMILES string of the molecule is Cc1nn(-c2ccc(Br)cc2)cc1CN1CCC[C@@H](C(=O)O)[C@H]1C. The number of carboxylic acid groups (broad SMARTS) is 1. The van der Waals surface area contributed by atoms with Gasteiger partial charge in [-0.05, 0) is 57.5 Å². The minimum absolute atomic E-state index is 0.0479. The number of aliphatic carboxylic acids is 1. The Bertz CT molecular complexity index is 726. The Morgan fingerprint density at radius 2 is 2.08 bits per heavy atom. The first kappa shape index (κ1) is 17.2. The van der Waals surface area contributed by atoms with Gasteiger partial charge in [-0.15, -0.1) is 0 Å². The van der Waals surface area contributed by atoms with Crippen molar-refractivity contribution >= 4 is 21.9 Å². The number of benzene rings is 1. The molecule has 2 heterocycles. The van der Waals surface area contributed by atoms with Crippen LogP contribution >= 0.6 is 15.9 Å². The molecular formula is C18H22BrN3O2. The molecule has 1 N–H and O–H groups in total. The molecule has 0 aliphatic carbocycles. The maximum absolute atomic E-state index is 11.4. The third kappa shape index (κ3) is 3.54. The zero-order chi connectivity index (χ0) is 17.3. The molecule has 24 heavy (non-hydrogen) atoms. The summed E-state index contributed by atoms with van der Waals surface area (Å²) in [5.41, 5.74) is 3.15. The van der Waals surface area contributed by atoms with E-state index in [0.717, 1.165) is 47.3 Å². The number of likely N-dealkylation sites (tertiary alicyclic amines) is 1. The highest BCUT2D eigenvalue weighted by Gasteiger charge is 2.33. The van der Waals surface area contributed by atoms with E-state index in [2.05, 4.69) is 32.1 Å². The summed E-state index contributed by atoms with van der Waals surface area (Å²) in [5, 5.41) is 14.0. The molecule has 2 atom stereocenters. The van der Waals surface area contributed by atoms with Crippen molar-refractivity contribution in [2.45, 2.75) is 39.3 Å². The van der Waals surface area contributed by atoms with Crippen LogP contribution in [0.2, 0.25) is 0 Å². The second-order valence-corrected chi connectivity index (χ2v) is 7.37. The first-order valence-electron chi connectivity index (χ1n) is 8.23. The standard InChI is InChI=1S/C18H22BrN3O2/c1-12-14(10-21-9-3-4-17(13(21)2)18(23)24)11-22(20-12)16-7-5-15(19)6-8-16/h5-8,11,13,17H,3-4,9-10H2,1-2H3,(H,23,24)/t13-,17-/m1/s1. The summed E-state index contributed by atoms with van der Waals surface area (Å²) in [4.78, 5) is 13.7. The van der Waals surface area contributed by atoms with Gasteiger partial charge in [0.15, 0.2) is 0 Å². The van der Waals surface area contributed by atoms with Crippen LogP contribution in [0.4, 0.5) is 0 Å². The normalized spacial score (nSPS) is 21.8. The van der Waals surface area contributed by atoms with Gasteiger partial charge in [0.05, 0.1) is 17.3 Å². The summed E-state index contributed by atoms with van der Waals surface area (Å²) in [6.07, 6.45) is 3.75. The summed E-state index contributed by atoms with van der Waals surface area (Å²) in [6.45, 7) is 5.71. The highest BCUT2D eigenvalue weighted by molar-refractivity contribution is 9.10. The molecule has 1 aromatic carbocycles. The van der Waals surface area contributed by atoms with E-state index in [4.69, 9.17) is 0 Å². The number of aromatic nitrogens is 2. The molecular weight excluding hydrogens is 370 g/mol. The number of carbonyl (C=O) groups is 1. The Hall–Kier alpha value is -1.66. The summed E-state index contributed by atoms with van der Waals surface area (Å²) in [5.74, 6) is -0.963. The smallest absolute Gasteiger partial charge is 0.308 e. The molecule has 0 radical (unpaired) electrons. The van der Waals surface area contributed by atoms with E-state index in [0.29, 0.717) is 0 Å². The van der Waals surface area contributed by atoms with Crippen LogP contribution in [0.25, 0.3) is 5.69 Å². The van der Waals surface area contributed by atoms with E-state index < -0.39 is 5.97 Å². The van der Waals surface area contributed by atoms with Crippen molar-refractivity contribution < 1.29 is 9.90 Å². The lowest BCUT2D eigenvalue weighted by Crippen LogP contribution is -2.45. The minimum atomic E-state index is -0.686. The van der Waals surface area contributed by atoms with Gasteiger partial charge in [-0.2, -0.15) is 5.10 Å². The van der Waals surface area contributed by atoms with E-state index in [1.165, 1.54) is 0 Å². The third-order valence-corrected chi connectivity index (χ3v) is 5.43. The number of piperidine rings is 1. The van der Waals surface area contributed by atoms with E-state index in [9.17, 15) is 9.90 Å². The van der Waals surface area contributed by atoms with Crippen molar-refractivity contribution in [3.05, 3.63) is 46.2 Å². The molecule has 0 unspecified atom stereocenters. The van der Waals surface area contributed by atoms with Gasteiger partial charge in [0.2, 0.25) is 0 Å². The number of hydrogen-bond acceptors (Lipinski definition) is 3. The number of rotatable bonds is 4. The number of nitrogens with zero attached hydrogens (tertiary/aromatic N) is 3. The molecule has 5 nitrogen and oxygen atoms in total. The van der Waals surface area contributed by atoms with Crippen LogP contribution in [-0.4, -0.2) is 38.3 Å². The summed E-state index contributed by atoms with van der Waals surface area (Å²) >= 11 is 3.44. The van der Waals surface area contributed by atoms with E-state index >= 15 is 0 Å². The molecule has 1 aromatic heterocycles. The first-order chi connectivity index (χ1) is 11.5. The summed E-state index contributed by atoms with van der Waals surface area (Å²) in [7, 11) is 0. The summed E-state index contributed by atoms with van der Waals surface area (Å²) < 4.78 is 2.93. The molecule has 0 amide bonds. The highest BCUT2D eigenvalue weighted by atomic mass is 79.9. The Morgan fingerprint density at radius 1 is 1.38 bits per heavy atom. The van der Waals surface area contributed by atoms with Crippen molar-refractivity contribution in [3.63, 3.8) is 0 Å². The predicted molar refractivity (Wildman–Crippen MR) is 96.2 cm³/mol. The molecule has 128 valence electrons. The van der Waals surface area contributed by atoms with Gasteiger partial charge in [0, 0.05) is 28.8 Å². The van der Waals surface area contributed by atoms with Gasteiger partial charge in [-0.3, -0.25) is 9.69 Å². The third-order valence-electron chi connectivity index (χ3n) is 4.90.